The largest absolute Gasteiger partial charge is 0.434 e. The Kier molecular flexibility index (Phi) is 3.84. The first-order chi connectivity index (χ1) is 7.29. The molecule has 0 radical (unpaired) electrons. The molecule has 1 heterocycles. The van der Waals surface area contributed by atoms with Gasteiger partial charge in [-0.05, 0) is 21.5 Å². The van der Waals surface area contributed by atoms with Crippen molar-refractivity contribution >= 4 is 15.9 Å². The van der Waals surface area contributed by atoms with Gasteiger partial charge in [0.25, 0.3) is 6.43 Å². The molecule has 0 spiro atoms. The maximum absolute atomic E-state index is 12.4. The Hall–Kier alpha value is -0.760. The number of hydrogen-bond acceptors (Lipinski definition) is 2. The molecule has 0 atom stereocenters. The van der Waals surface area contributed by atoms with Gasteiger partial charge in [0.2, 0.25) is 0 Å². The van der Waals surface area contributed by atoms with Gasteiger partial charge >= 0.3 is 6.18 Å². The van der Waals surface area contributed by atoms with Crippen LogP contribution >= 0.6 is 15.9 Å². The van der Waals surface area contributed by atoms with E-state index >= 15 is 0 Å². The van der Waals surface area contributed by atoms with Crippen molar-refractivity contribution < 1.29 is 22.0 Å². The van der Waals surface area contributed by atoms with Crippen molar-refractivity contribution in [3.63, 3.8) is 0 Å². The molecule has 2 nitrogen and oxygen atoms in total. The molecular weight excluding hydrogens is 299 g/mol. The lowest BCUT2D eigenvalue weighted by atomic mass is 10.1. The summed E-state index contributed by atoms with van der Waals surface area (Å²) in [4.78, 5) is 2.97. The van der Waals surface area contributed by atoms with Gasteiger partial charge in [0.1, 0.15) is 0 Å². The Balaban J connectivity index is 3.41. The van der Waals surface area contributed by atoms with E-state index in [1.54, 1.807) is 0 Å². The number of rotatable bonds is 2. The second kappa shape index (κ2) is 4.62. The van der Waals surface area contributed by atoms with Crippen molar-refractivity contribution in [1.29, 1.82) is 0 Å². The van der Waals surface area contributed by atoms with Crippen molar-refractivity contribution in [2.75, 3.05) is 0 Å². The van der Waals surface area contributed by atoms with Crippen molar-refractivity contribution in [3.8, 4) is 0 Å². The first kappa shape index (κ1) is 13.3. The molecule has 0 aliphatic heterocycles. The Morgan fingerprint density at radius 1 is 1.38 bits per heavy atom. The third-order valence-electron chi connectivity index (χ3n) is 1.86. The van der Waals surface area contributed by atoms with Gasteiger partial charge in [-0.25, -0.2) is 8.78 Å². The van der Waals surface area contributed by atoms with Crippen molar-refractivity contribution in [1.82, 2.24) is 4.98 Å². The molecule has 16 heavy (non-hydrogen) atoms. The topological polar surface area (TPSA) is 38.9 Å². The standard InChI is InChI=1S/C8H6BrF5N2/c9-5-3(1-15)4(7(10)11)2-16-6(5)8(12,13)14/h2,7H,1,15H2. The number of hydrogen-bond donors (Lipinski definition) is 1. The van der Waals surface area contributed by atoms with Crippen molar-refractivity contribution in [2.24, 2.45) is 5.73 Å². The monoisotopic (exact) mass is 304 g/mol. The van der Waals surface area contributed by atoms with Gasteiger partial charge in [0.15, 0.2) is 5.69 Å². The summed E-state index contributed by atoms with van der Waals surface area (Å²) < 4.78 is 61.5. The predicted molar refractivity (Wildman–Crippen MR) is 49.8 cm³/mol. The number of nitrogens with two attached hydrogens (primary N) is 1. The number of alkyl halides is 5. The van der Waals surface area contributed by atoms with E-state index in [-0.39, 0.29) is 5.56 Å². The minimum Gasteiger partial charge on any atom is -0.326 e. The van der Waals surface area contributed by atoms with Crippen LogP contribution in [0.5, 0.6) is 0 Å². The van der Waals surface area contributed by atoms with E-state index in [2.05, 4.69) is 20.9 Å². The lowest BCUT2D eigenvalue weighted by Gasteiger charge is -2.14. The van der Waals surface area contributed by atoms with Gasteiger partial charge in [0, 0.05) is 18.3 Å². The zero-order chi connectivity index (χ0) is 12.5. The molecule has 0 aliphatic carbocycles. The second-order valence-electron chi connectivity index (χ2n) is 2.86. The number of nitrogens with zero attached hydrogens (tertiary/aromatic N) is 1. The SMILES string of the molecule is NCc1c(C(F)F)cnc(C(F)(F)F)c1Br. The van der Waals surface area contributed by atoms with Crippen LogP contribution in [0.1, 0.15) is 23.2 Å². The molecular formula is C8H6BrF5N2. The smallest absolute Gasteiger partial charge is 0.326 e. The van der Waals surface area contributed by atoms with Gasteiger partial charge in [0.05, 0.1) is 4.47 Å². The summed E-state index contributed by atoms with van der Waals surface area (Å²) in [7, 11) is 0. The first-order valence-corrected chi connectivity index (χ1v) is 4.81. The quantitative estimate of drug-likeness (QED) is 0.852. The highest BCUT2D eigenvalue weighted by molar-refractivity contribution is 9.10. The molecule has 8 heteroatoms. The maximum Gasteiger partial charge on any atom is 0.434 e. The summed E-state index contributed by atoms with van der Waals surface area (Å²) >= 11 is 2.60. The molecule has 1 aromatic rings. The van der Waals surface area contributed by atoms with Crippen LogP contribution in [0, 0.1) is 0 Å². The molecule has 0 aliphatic rings. The van der Waals surface area contributed by atoms with Crippen LogP contribution in [0.3, 0.4) is 0 Å². The fourth-order valence-electron chi connectivity index (χ4n) is 1.13. The second-order valence-corrected chi connectivity index (χ2v) is 3.65. The van der Waals surface area contributed by atoms with Crippen LogP contribution in [0.15, 0.2) is 10.7 Å². The highest BCUT2D eigenvalue weighted by Crippen LogP contribution is 2.37. The fourth-order valence-corrected chi connectivity index (χ4v) is 1.85. The summed E-state index contributed by atoms with van der Waals surface area (Å²) in [6.07, 6.45) is -7.12. The fraction of sp³-hybridized carbons (Fsp3) is 0.375. The molecule has 90 valence electrons. The Morgan fingerprint density at radius 2 is 1.94 bits per heavy atom. The maximum atomic E-state index is 12.4. The highest BCUT2D eigenvalue weighted by Gasteiger charge is 2.36. The summed E-state index contributed by atoms with van der Waals surface area (Å²) in [6.45, 7) is -0.425. The van der Waals surface area contributed by atoms with Crippen LogP contribution in [-0.2, 0) is 12.7 Å². The van der Waals surface area contributed by atoms with Crippen LogP contribution in [0.4, 0.5) is 22.0 Å². The predicted octanol–water partition coefficient (Wildman–Crippen LogP) is 3.26. The molecule has 0 aromatic carbocycles. The minimum atomic E-state index is -4.70. The van der Waals surface area contributed by atoms with Crippen LogP contribution in [0.2, 0.25) is 0 Å². The van der Waals surface area contributed by atoms with Crippen LogP contribution < -0.4 is 5.73 Å². The summed E-state index contributed by atoms with van der Waals surface area (Å²) in [5, 5.41) is 0. The zero-order valence-corrected chi connectivity index (χ0v) is 9.24. The summed E-state index contributed by atoms with van der Waals surface area (Å²) in [5.41, 5.74) is 3.02. The van der Waals surface area contributed by atoms with Crippen molar-refractivity contribution in [2.45, 2.75) is 19.1 Å². The van der Waals surface area contributed by atoms with Crippen LogP contribution in [-0.4, -0.2) is 4.98 Å². The minimum absolute atomic E-state index is 0.280. The summed E-state index contributed by atoms with van der Waals surface area (Å²) in [6, 6.07) is 0. The lowest BCUT2D eigenvalue weighted by Crippen LogP contribution is -2.14. The molecule has 1 aromatic heterocycles. The number of halogens is 6. The lowest BCUT2D eigenvalue weighted by molar-refractivity contribution is -0.141. The van der Waals surface area contributed by atoms with E-state index in [1.807, 2.05) is 0 Å². The number of aromatic nitrogens is 1. The molecule has 0 saturated heterocycles. The Morgan fingerprint density at radius 3 is 2.31 bits per heavy atom. The highest BCUT2D eigenvalue weighted by atomic mass is 79.9. The van der Waals surface area contributed by atoms with Gasteiger partial charge in [-0.15, -0.1) is 0 Å². The average Bonchev–Trinajstić information content (AvgIpc) is 2.14. The van der Waals surface area contributed by atoms with Gasteiger partial charge < -0.3 is 5.73 Å². The van der Waals surface area contributed by atoms with E-state index in [9.17, 15) is 22.0 Å². The molecule has 0 unspecified atom stereocenters. The summed E-state index contributed by atoms with van der Waals surface area (Å²) in [5.74, 6) is 0. The molecule has 0 amide bonds. The van der Waals surface area contributed by atoms with Gasteiger partial charge in [-0.1, -0.05) is 0 Å². The zero-order valence-electron chi connectivity index (χ0n) is 7.65. The average molecular weight is 305 g/mol. The van der Waals surface area contributed by atoms with E-state index in [0.717, 1.165) is 0 Å². The van der Waals surface area contributed by atoms with E-state index < -0.39 is 34.9 Å². The number of pyridine rings is 1. The Labute approximate surface area is 95.8 Å². The normalized spacial score (nSPS) is 12.2. The molecule has 0 fully saturated rings. The van der Waals surface area contributed by atoms with Gasteiger partial charge in [-0.3, -0.25) is 4.98 Å². The van der Waals surface area contributed by atoms with Crippen LogP contribution in [0.25, 0.3) is 0 Å². The van der Waals surface area contributed by atoms with E-state index in [4.69, 9.17) is 5.73 Å². The first-order valence-electron chi connectivity index (χ1n) is 4.01. The van der Waals surface area contributed by atoms with Crippen molar-refractivity contribution in [3.05, 3.63) is 27.5 Å². The molecule has 2 N–H and O–H groups in total. The third kappa shape index (κ3) is 2.49. The third-order valence-corrected chi connectivity index (χ3v) is 2.72. The van der Waals surface area contributed by atoms with E-state index in [1.165, 1.54) is 0 Å². The molecule has 1 rings (SSSR count). The Bertz CT molecular complexity index is 391. The molecule has 0 saturated carbocycles. The van der Waals surface area contributed by atoms with E-state index in [0.29, 0.717) is 6.20 Å². The van der Waals surface area contributed by atoms with Gasteiger partial charge in [-0.2, -0.15) is 13.2 Å². The molecule has 0 bridgehead atoms.